The lowest BCUT2D eigenvalue weighted by Gasteiger charge is -2.27. The molecule has 204 valence electrons. The van der Waals surface area contributed by atoms with Gasteiger partial charge in [0, 0.05) is 36.5 Å². The molecule has 4 aromatic rings. The third-order valence-electron chi connectivity index (χ3n) is 7.61. The molecule has 4 N–H and O–H groups in total. The van der Waals surface area contributed by atoms with Crippen LogP contribution in [-0.2, 0) is 10.0 Å². The van der Waals surface area contributed by atoms with Gasteiger partial charge < -0.3 is 16.4 Å². The average Bonchev–Trinajstić information content (AvgIpc) is 3.40. The van der Waals surface area contributed by atoms with Gasteiger partial charge in [-0.3, -0.25) is 4.57 Å². The zero-order valence-corrected chi connectivity index (χ0v) is 22.6. The number of para-hydroxylation sites is 1. The first-order valence-corrected chi connectivity index (χ1v) is 15.1. The molecule has 0 atom stereocenters. The van der Waals surface area contributed by atoms with Crippen LogP contribution in [0.15, 0.2) is 65.8 Å². The van der Waals surface area contributed by atoms with E-state index in [-0.39, 0.29) is 12.1 Å². The fraction of sp³-hybridized carbons (Fsp3) is 0.393. The Bertz CT molecular complexity index is 1530. The van der Waals surface area contributed by atoms with Crippen molar-refractivity contribution in [3.63, 3.8) is 0 Å². The number of anilines is 3. The van der Waals surface area contributed by atoms with Gasteiger partial charge in [0.2, 0.25) is 16.0 Å². The summed E-state index contributed by atoms with van der Waals surface area (Å²) in [6.45, 7) is 1.15. The van der Waals surface area contributed by atoms with Gasteiger partial charge in [-0.1, -0.05) is 24.6 Å². The lowest BCUT2D eigenvalue weighted by molar-refractivity contribution is 0.346. The lowest BCUT2D eigenvalue weighted by atomic mass is 9.92. The summed E-state index contributed by atoms with van der Waals surface area (Å²) in [6.07, 6.45) is 8.52. The van der Waals surface area contributed by atoms with E-state index in [1.165, 1.54) is 0 Å². The normalized spacial score (nSPS) is 20.6. The van der Waals surface area contributed by atoms with Gasteiger partial charge in [0.05, 0.1) is 4.90 Å². The zero-order chi connectivity index (χ0) is 26.8. The van der Waals surface area contributed by atoms with Crippen LogP contribution in [0.1, 0.15) is 44.9 Å². The summed E-state index contributed by atoms with van der Waals surface area (Å²) in [4.78, 5) is 14.6. The van der Waals surface area contributed by atoms with E-state index in [4.69, 9.17) is 15.7 Å². The van der Waals surface area contributed by atoms with E-state index in [0.29, 0.717) is 40.9 Å². The highest BCUT2D eigenvalue weighted by atomic mass is 32.2. The van der Waals surface area contributed by atoms with Crippen LogP contribution in [-0.4, -0.2) is 57.4 Å². The van der Waals surface area contributed by atoms with Crippen molar-refractivity contribution in [2.45, 2.75) is 61.9 Å². The highest BCUT2D eigenvalue weighted by Crippen LogP contribution is 2.29. The predicted molar refractivity (Wildman–Crippen MR) is 153 cm³/mol. The van der Waals surface area contributed by atoms with Crippen LogP contribution in [0.4, 0.5) is 17.5 Å². The van der Waals surface area contributed by atoms with Crippen LogP contribution in [0.2, 0.25) is 0 Å². The first kappa shape index (κ1) is 25.7. The van der Waals surface area contributed by atoms with Gasteiger partial charge in [-0.2, -0.15) is 14.3 Å². The zero-order valence-electron chi connectivity index (χ0n) is 21.8. The molecule has 0 spiro atoms. The molecule has 11 heteroatoms. The second kappa shape index (κ2) is 10.9. The van der Waals surface area contributed by atoms with E-state index in [9.17, 15) is 8.42 Å². The van der Waals surface area contributed by atoms with Crippen molar-refractivity contribution in [3.05, 3.63) is 60.9 Å². The molecule has 2 aromatic carbocycles. The second-order valence-electron chi connectivity index (χ2n) is 10.4. The number of nitrogens with one attached hydrogen (secondary N) is 2. The molecule has 1 saturated heterocycles. The summed E-state index contributed by atoms with van der Waals surface area (Å²) in [5.74, 6) is 1.07. The van der Waals surface area contributed by atoms with Crippen LogP contribution in [0, 0.1) is 0 Å². The van der Waals surface area contributed by atoms with E-state index in [1.54, 1.807) is 34.9 Å². The van der Waals surface area contributed by atoms with E-state index < -0.39 is 10.0 Å². The summed E-state index contributed by atoms with van der Waals surface area (Å²) in [7, 11) is -3.50. The van der Waals surface area contributed by atoms with Gasteiger partial charge in [-0.15, -0.1) is 0 Å². The fourth-order valence-corrected chi connectivity index (χ4v) is 6.89. The third kappa shape index (κ3) is 5.47. The van der Waals surface area contributed by atoms with Gasteiger partial charge in [0.25, 0.3) is 0 Å². The van der Waals surface area contributed by atoms with E-state index in [1.807, 2.05) is 34.9 Å². The molecule has 1 saturated carbocycles. The Morgan fingerprint density at radius 1 is 0.872 bits per heavy atom. The van der Waals surface area contributed by atoms with Gasteiger partial charge in [0.1, 0.15) is 6.33 Å². The summed E-state index contributed by atoms with van der Waals surface area (Å²) >= 11 is 0. The molecule has 1 aliphatic carbocycles. The molecular weight excluding hydrogens is 512 g/mol. The summed E-state index contributed by atoms with van der Waals surface area (Å²) in [5, 5.41) is 6.87. The molecule has 6 rings (SSSR count). The van der Waals surface area contributed by atoms with Crippen LogP contribution in [0.25, 0.3) is 16.9 Å². The van der Waals surface area contributed by atoms with E-state index in [0.717, 1.165) is 56.3 Å². The Morgan fingerprint density at radius 2 is 1.59 bits per heavy atom. The van der Waals surface area contributed by atoms with Crippen molar-refractivity contribution in [2.24, 2.45) is 5.73 Å². The van der Waals surface area contributed by atoms with E-state index >= 15 is 0 Å². The number of rotatable bonds is 7. The maximum Gasteiger partial charge on any atom is 0.243 e. The molecule has 0 bridgehead atoms. The fourth-order valence-electron chi connectivity index (χ4n) is 5.38. The Labute approximate surface area is 228 Å². The molecule has 0 amide bonds. The summed E-state index contributed by atoms with van der Waals surface area (Å²) < 4.78 is 29.7. The Balaban J connectivity index is 1.31. The van der Waals surface area contributed by atoms with Gasteiger partial charge in [-0.25, -0.2) is 13.4 Å². The van der Waals surface area contributed by atoms with Crippen LogP contribution < -0.4 is 16.4 Å². The number of nitrogens with zero attached hydrogens (tertiary/aromatic N) is 5. The minimum absolute atomic E-state index is 0.252. The van der Waals surface area contributed by atoms with Crippen molar-refractivity contribution in [1.29, 1.82) is 0 Å². The number of fused-ring (bicyclic) bond motifs is 1. The largest absolute Gasteiger partial charge is 0.351 e. The molecular formula is C28H34N8O2S. The Morgan fingerprint density at radius 3 is 2.31 bits per heavy atom. The van der Waals surface area contributed by atoms with Crippen molar-refractivity contribution >= 4 is 38.6 Å². The molecule has 2 aromatic heterocycles. The Hall–Kier alpha value is -3.54. The highest BCUT2D eigenvalue weighted by molar-refractivity contribution is 7.89. The first-order valence-electron chi connectivity index (χ1n) is 13.7. The maximum atomic E-state index is 13.1. The number of sulfonamides is 1. The number of hydrogen-bond acceptors (Lipinski definition) is 8. The molecule has 0 radical (unpaired) electrons. The number of nitrogens with two attached hydrogens (primary N) is 1. The second-order valence-corrected chi connectivity index (χ2v) is 12.3. The molecule has 10 nitrogen and oxygen atoms in total. The standard InChI is InChI=1S/C28H34N8O2S/c29-20-9-11-22(12-10-20)32-28-33-26(25-27(34-28)36(19-30-25)23-7-3-1-4-8-23)31-21-13-15-24(16-14-21)39(37,38)35-17-5-2-6-18-35/h1,3-4,7-8,13-16,19-20,22H,2,5-6,9-12,17-18,29H2,(H2,31,32,33,34). The monoisotopic (exact) mass is 546 g/mol. The topological polar surface area (TPSA) is 131 Å². The molecule has 39 heavy (non-hydrogen) atoms. The number of piperidine rings is 1. The molecule has 3 heterocycles. The quantitative estimate of drug-likeness (QED) is 0.311. The van der Waals surface area contributed by atoms with Crippen molar-refractivity contribution < 1.29 is 8.42 Å². The lowest BCUT2D eigenvalue weighted by Crippen LogP contribution is -2.35. The predicted octanol–water partition coefficient (Wildman–Crippen LogP) is 4.42. The van der Waals surface area contributed by atoms with Crippen LogP contribution in [0.3, 0.4) is 0 Å². The highest BCUT2D eigenvalue weighted by Gasteiger charge is 2.26. The van der Waals surface area contributed by atoms with Crippen LogP contribution in [0.5, 0.6) is 0 Å². The minimum Gasteiger partial charge on any atom is -0.351 e. The van der Waals surface area contributed by atoms with Gasteiger partial charge >= 0.3 is 0 Å². The summed E-state index contributed by atoms with van der Waals surface area (Å²) in [6, 6.07) is 17.3. The number of benzene rings is 2. The number of imidazole rings is 1. The van der Waals surface area contributed by atoms with Crippen molar-refractivity contribution in [1.82, 2.24) is 23.8 Å². The Kier molecular flexibility index (Phi) is 7.20. The smallest absolute Gasteiger partial charge is 0.243 e. The van der Waals surface area contributed by atoms with Gasteiger partial charge in [0.15, 0.2) is 17.0 Å². The number of hydrogen-bond donors (Lipinski definition) is 3. The first-order chi connectivity index (χ1) is 19.0. The number of aromatic nitrogens is 4. The van der Waals surface area contributed by atoms with Gasteiger partial charge in [-0.05, 0) is 74.9 Å². The minimum atomic E-state index is -3.50. The van der Waals surface area contributed by atoms with Crippen LogP contribution >= 0.6 is 0 Å². The average molecular weight is 547 g/mol. The molecule has 0 unspecified atom stereocenters. The van der Waals surface area contributed by atoms with Crippen molar-refractivity contribution in [3.8, 4) is 5.69 Å². The molecule has 1 aliphatic heterocycles. The maximum absolute atomic E-state index is 13.1. The molecule has 2 fully saturated rings. The van der Waals surface area contributed by atoms with Crippen molar-refractivity contribution in [2.75, 3.05) is 23.7 Å². The third-order valence-corrected chi connectivity index (χ3v) is 9.52. The van der Waals surface area contributed by atoms with E-state index in [2.05, 4.69) is 15.6 Å². The summed E-state index contributed by atoms with van der Waals surface area (Å²) in [5.41, 5.74) is 9.08. The molecule has 2 aliphatic rings. The SMILES string of the molecule is NC1CCC(Nc2nc(Nc3ccc(S(=O)(=O)N4CCCCC4)cc3)c3ncn(-c4ccccc4)c3n2)CC1.